The summed E-state index contributed by atoms with van der Waals surface area (Å²) < 4.78 is 11.0. The summed E-state index contributed by atoms with van der Waals surface area (Å²) in [6.07, 6.45) is 3.20. The van der Waals surface area contributed by atoms with Gasteiger partial charge in [0.2, 0.25) is 5.91 Å². The molecule has 25 heavy (non-hydrogen) atoms. The zero-order chi connectivity index (χ0) is 17.8. The van der Waals surface area contributed by atoms with Crippen LogP contribution in [-0.4, -0.2) is 43.7 Å². The van der Waals surface area contributed by atoms with Gasteiger partial charge in [0.05, 0.1) is 13.7 Å². The number of ether oxygens (including phenoxy) is 2. The number of nitrogens with zero attached hydrogens (tertiary/aromatic N) is 1. The van der Waals surface area contributed by atoms with E-state index in [1.54, 1.807) is 7.11 Å². The molecule has 1 heterocycles. The monoisotopic (exact) mass is 346 g/mol. The molecule has 0 spiro atoms. The summed E-state index contributed by atoms with van der Waals surface area (Å²) in [4.78, 5) is 14.3. The highest BCUT2D eigenvalue weighted by Crippen LogP contribution is 2.32. The van der Waals surface area contributed by atoms with Gasteiger partial charge in [0.15, 0.2) is 11.5 Å². The SMILES string of the molecule is CCOc1cc(CN[C@H]2CCN(C(=O)C3CC3)C[C@@H]2C)ccc1OC. The van der Waals surface area contributed by atoms with Gasteiger partial charge in [-0.05, 0) is 49.8 Å². The van der Waals surface area contributed by atoms with Crippen molar-refractivity contribution in [2.75, 3.05) is 26.8 Å². The van der Waals surface area contributed by atoms with Crippen LogP contribution in [0.5, 0.6) is 11.5 Å². The Morgan fingerprint density at radius 1 is 1.28 bits per heavy atom. The van der Waals surface area contributed by atoms with Crippen LogP contribution in [0.1, 0.15) is 38.7 Å². The van der Waals surface area contributed by atoms with Crippen molar-refractivity contribution in [2.45, 2.75) is 45.7 Å². The van der Waals surface area contributed by atoms with Crippen LogP contribution >= 0.6 is 0 Å². The normalized spacial score (nSPS) is 23.4. The molecule has 1 aliphatic heterocycles. The van der Waals surface area contributed by atoms with E-state index >= 15 is 0 Å². The molecule has 5 nitrogen and oxygen atoms in total. The number of carbonyl (C=O) groups excluding carboxylic acids is 1. The lowest BCUT2D eigenvalue weighted by Gasteiger charge is -2.37. The summed E-state index contributed by atoms with van der Waals surface area (Å²) in [5.41, 5.74) is 1.19. The first-order chi connectivity index (χ1) is 12.1. The molecule has 2 fully saturated rings. The third kappa shape index (κ3) is 4.46. The Labute approximate surface area is 150 Å². The largest absolute Gasteiger partial charge is 0.493 e. The molecule has 1 aromatic carbocycles. The molecule has 1 aliphatic carbocycles. The van der Waals surface area contributed by atoms with Crippen molar-refractivity contribution in [1.82, 2.24) is 10.2 Å². The lowest BCUT2D eigenvalue weighted by molar-refractivity contribution is -0.134. The summed E-state index contributed by atoms with van der Waals surface area (Å²) in [7, 11) is 1.66. The third-order valence-electron chi connectivity index (χ3n) is 5.24. The van der Waals surface area contributed by atoms with Crippen LogP contribution in [0.4, 0.5) is 0 Å². The van der Waals surface area contributed by atoms with Gasteiger partial charge < -0.3 is 19.7 Å². The molecule has 0 aromatic heterocycles. The number of amides is 1. The van der Waals surface area contributed by atoms with Gasteiger partial charge in [-0.25, -0.2) is 0 Å². The summed E-state index contributed by atoms with van der Waals surface area (Å²) in [6.45, 7) is 7.39. The minimum absolute atomic E-state index is 0.327. The zero-order valence-corrected chi connectivity index (χ0v) is 15.6. The van der Waals surface area contributed by atoms with Gasteiger partial charge >= 0.3 is 0 Å². The molecular formula is C20H30N2O3. The van der Waals surface area contributed by atoms with Crippen LogP contribution in [-0.2, 0) is 11.3 Å². The first kappa shape index (κ1) is 18.1. The standard InChI is InChI=1S/C20H30N2O3/c1-4-25-19-11-15(5-8-18(19)24-3)12-21-17-9-10-22(13-14(17)2)20(23)16-6-7-16/h5,8,11,14,16-17,21H,4,6-7,9-10,12-13H2,1-3H3/t14-,17-/m0/s1. The van der Waals surface area contributed by atoms with E-state index < -0.39 is 0 Å². The van der Waals surface area contributed by atoms with Crippen molar-refractivity contribution < 1.29 is 14.3 Å². The van der Waals surface area contributed by atoms with Crippen molar-refractivity contribution in [3.05, 3.63) is 23.8 Å². The number of rotatable bonds is 7. The second kappa shape index (κ2) is 8.09. The number of methoxy groups -OCH3 is 1. The van der Waals surface area contributed by atoms with Crippen LogP contribution in [0.25, 0.3) is 0 Å². The Balaban J connectivity index is 1.53. The molecule has 0 unspecified atom stereocenters. The molecule has 138 valence electrons. The van der Waals surface area contributed by atoms with Gasteiger partial charge in [-0.2, -0.15) is 0 Å². The van der Waals surface area contributed by atoms with Crippen molar-refractivity contribution in [3.63, 3.8) is 0 Å². The van der Waals surface area contributed by atoms with Gasteiger partial charge in [0, 0.05) is 31.6 Å². The molecule has 1 amide bonds. The lowest BCUT2D eigenvalue weighted by Crippen LogP contribution is -2.50. The zero-order valence-electron chi connectivity index (χ0n) is 15.6. The predicted octanol–water partition coefficient (Wildman–Crippen LogP) is 2.83. The smallest absolute Gasteiger partial charge is 0.225 e. The minimum atomic E-state index is 0.327. The van der Waals surface area contributed by atoms with Crippen molar-refractivity contribution in [1.29, 1.82) is 0 Å². The highest BCUT2D eigenvalue weighted by molar-refractivity contribution is 5.81. The molecule has 1 saturated carbocycles. The number of benzene rings is 1. The maximum Gasteiger partial charge on any atom is 0.225 e. The topological polar surface area (TPSA) is 50.8 Å². The van der Waals surface area contributed by atoms with E-state index in [0.717, 1.165) is 50.4 Å². The molecule has 1 aromatic rings. The second-order valence-corrected chi connectivity index (χ2v) is 7.23. The summed E-state index contributed by atoms with van der Waals surface area (Å²) in [6, 6.07) is 6.53. The summed E-state index contributed by atoms with van der Waals surface area (Å²) in [5.74, 6) is 2.74. The molecule has 2 aliphatic rings. The maximum atomic E-state index is 12.2. The molecule has 0 radical (unpaired) electrons. The Bertz CT molecular complexity index is 601. The van der Waals surface area contributed by atoms with Crippen molar-refractivity contribution in [3.8, 4) is 11.5 Å². The van der Waals surface area contributed by atoms with Crippen molar-refractivity contribution >= 4 is 5.91 Å². The van der Waals surface area contributed by atoms with E-state index in [9.17, 15) is 4.79 Å². The van der Waals surface area contributed by atoms with Gasteiger partial charge in [0.1, 0.15) is 0 Å². The van der Waals surface area contributed by atoms with E-state index in [1.165, 1.54) is 5.56 Å². The maximum absolute atomic E-state index is 12.2. The van der Waals surface area contributed by atoms with E-state index in [1.807, 2.05) is 19.1 Å². The van der Waals surface area contributed by atoms with E-state index in [4.69, 9.17) is 9.47 Å². The third-order valence-corrected chi connectivity index (χ3v) is 5.24. The number of likely N-dealkylation sites (tertiary alicyclic amines) is 1. The average Bonchev–Trinajstić information content (AvgIpc) is 3.45. The first-order valence-corrected chi connectivity index (χ1v) is 9.44. The molecule has 1 N–H and O–H groups in total. The average molecular weight is 346 g/mol. The van der Waals surface area contributed by atoms with Gasteiger partial charge in [-0.1, -0.05) is 13.0 Å². The van der Waals surface area contributed by atoms with E-state index in [0.29, 0.717) is 30.4 Å². The van der Waals surface area contributed by atoms with Crippen LogP contribution in [0.3, 0.4) is 0 Å². The second-order valence-electron chi connectivity index (χ2n) is 7.23. The Kier molecular flexibility index (Phi) is 5.84. The fourth-order valence-electron chi connectivity index (χ4n) is 3.59. The Hall–Kier alpha value is -1.75. The van der Waals surface area contributed by atoms with Gasteiger partial charge in [-0.3, -0.25) is 4.79 Å². The lowest BCUT2D eigenvalue weighted by atomic mass is 9.93. The molecule has 5 heteroatoms. The van der Waals surface area contributed by atoms with E-state index in [-0.39, 0.29) is 0 Å². The molecular weight excluding hydrogens is 316 g/mol. The highest BCUT2D eigenvalue weighted by Gasteiger charge is 2.36. The predicted molar refractivity (Wildman–Crippen MR) is 97.9 cm³/mol. The molecule has 2 atom stereocenters. The molecule has 3 rings (SSSR count). The number of piperidine rings is 1. The molecule has 1 saturated heterocycles. The van der Waals surface area contributed by atoms with E-state index in [2.05, 4.69) is 23.2 Å². The van der Waals surface area contributed by atoms with Crippen LogP contribution < -0.4 is 14.8 Å². The number of hydrogen-bond acceptors (Lipinski definition) is 4. The number of hydrogen-bond donors (Lipinski definition) is 1. The number of carbonyl (C=O) groups is 1. The van der Waals surface area contributed by atoms with Crippen molar-refractivity contribution in [2.24, 2.45) is 11.8 Å². The quantitative estimate of drug-likeness (QED) is 0.825. The minimum Gasteiger partial charge on any atom is -0.493 e. The van der Waals surface area contributed by atoms with Crippen LogP contribution in [0.2, 0.25) is 0 Å². The van der Waals surface area contributed by atoms with Crippen LogP contribution in [0.15, 0.2) is 18.2 Å². The Morgan fingerprint density at radius 3 is 2.72 bits per heavy atom. The number of nitrogens with one attached hydrogen (secondary N) is 1. The summed E-state index contributed by atoms with van der Waals surface area (Å²) in [5, 5.41) is 3.66. The molecule has 0 bridgehead atoms. The highest BCUT2D eigenvalue weighted by atomic mass is 16.5. The fourth-order valence-corrected chi connectivity index (χ4v) is 3.59. The van der Waals surface area contributed by atoms with Gasteiger partial charge in [-0.15, -0.1) is 0 Å². The first-order valence-electron chi connectivity index (χ1n) is 9.44. The van der Waals surface area contributed by atoms with Gasteiger partial charge in [0.25, 0.3) is 0 Å². The van der Waals surface area contributed by atoms with Crippen LogP contribution in [0, 0.1) is 11.8 Å². The summed E-state index contributed by atoms with van der Waals surface area (Å²) >= 11 is 0. The fraction of sp³-hybridized carbons (Fsp3) is 0.650. The Morgan fingerprint density at radius 2 is 2.08 bits per heavy atom.